The highest BCUT2D eigenvalue weighted by Gasteiger charge is 2.01. The van der Waals surface area contributed by atoms with Crippen molar-refractivity contribution in [1.82, 2.24) is 0 Å². The molecule has 1 aromatic carbocycles. The number of hydrogen-bond donors (Lipinski definition) is 2. The summed E-state index contributed by atoms with van der Waals surface area (Å²) in [6, 6.07) is 6.91. The van der Waals surface area contributed by atoms with Gasteiger partial charge in [0.1, 0.15) is 0 Å². The summed E-state index contributed by atoms with van der Waals surface area (Å²) in [4.78, 5) is 11.2. The Balaban J connectivity index is 2.34. The third-order valence-electron chi connectivity index (χ3n) is 1.89. The quantitative estimate of drug-likeness (QED) is 0.590. The Morgan fingerprint density at radius 3 is 2.67 bits per heavy atom. The second-order valence-corrected chi connectivity index (χ2v) is 3.24. The molecule has 0 aliphatic heterocycles. The molecule has 0 fully saturated rings. The molecule has 0 bridgehead atoms. The zero-order chi connectivity index (χ0) is 11.1. The fraction of sp³-hybridized carbons (Fsp3) is 0.364. The Hall–Kier alpha value is -1.71. The second-order valence-electron chi connectivity index (χ2n) is 3.24. The standard InChI is InChI=1S/C11H16N2O2/c1-2-3-8-15-11(14)13-10-6-4-9(12)5-7-10/h4-7H,2-3,8,12H2,1H3,(H,13,14). The Bertz CT molecular complexity index is 309. The van der Waals surface area contributed by atoms with Crippen molar-refractivity contribution in [3.05, 3.63) is 24.3 Å². The summed E-state index contributed by atoms with van der Waals surface area (Å²) in [6.45, 7) is 2.50. The van der Waals surface area contributed by atoms with E-state index in [9.17, 15) is 4.79 Å². The Labute approximate surface area is 89.4 Å². The molecular weight excluding hydrogens is 192 g/mol. The van der Waals surface area contributed by atoms with Gasteiger partial charge in [-0.25, -0.2) is 4.79 Å². The smallest absolute Gasteiger partial charge is 0.411 e. The number of rotatable bonds is 4. The van der Waals surface area contributed by atoms with Crippen molar-refractivity contribution in [1.29, 1.82) is 0 Å². The predicted octanol–water partition coefficient (Wildman–Crippen LogP) is 2.62. The van der Waals surface area contributed by atoms with Crippen LogP contribution in [0.1, 0.15) is 19.8 Å². The van der Waals surface area contributed by atoms with Crippen LogP contribution in [0.25, 0.3) is 0 Å². The van der Waals surface area contributed by atoms with Gasteiger partial charge in [-0.3, -0.25) is 5.32 Å². The Kier molecular flexibility index (Phi) is 4.47. The first kappa shape index (κ1) is 11.4. The van der Waals surface area contributed by atoms with Crippen LogP contribution in [-0.4, -0.2) is 12.7 Å². The van der Waals surface area contributed by atoms with Gasteiger partial charge in [-0.2, -0.15) is 0 Å². The van der Waals surface area contributed by atoms with Gasteiger partial charge in [0.25, 0.3) is 0 Å². The molecule has 0 aliphatic rings. The Morgan fingerprint density at radius 2 is 2.07 bits per heavy atom. The maximum absolute atomic E-state index is 11.2. The number of nitrogens with two attached hydrogens (primary N) is 1. The number of unbranched alkanes of at least 4 members (excludes halogenated alkanes) is 1. The normalized spacial score (nSPS) is 9.67. The minimum atomic E-state index is -0.423. The average Bonchev–Trinajstić information content (AvgIpc) is 2.22. The van der Waals surface area contributed by atoms with Crippen molar-refractivity contribution in [3.8, 4) is 0 Å². The van der Waals surface area contributed by atoms with Crippen molar-refractivity contribution in [3.63, 3.8) is 0 Å². The number of amides is 1. The molecule has 0 spiro atoms. The van der Waals surface area contributed by atoms with Crippen molar-refractivity contribution in [2.75, 3.05) is 17.7 Å². The third kappa shape index (κ3) is 4.35. The van der Waals surface area contributed by atoms with E-state index in [1.165, 1.54) is 0 Å². The first-order valence-electron chi connectivity index (χ1n) is 5.01. The number of ether oxygens (including phenoxy) is 1. The molecular formula is C11H16N2O2. The number of anilines is 2. The first-order chi connectivity index (χ1) is 7.22. The van der Waals surface area contributed by atoms with E-state index in [1.54, 1.807) is 24.3 Å². The van der Waals surface area contributed by atoms with Gasteiger partial charge in [0.15, 0.2) is 0 Å². The molecule has 0 saturated heterocycles. The number of carbonyl (C=O) groups excluding carboxylic acids is 1. The molecule has 0 saturated carbocycles. The van der Waals surface area contributed by atoms with Gasteiger partial charge >= 0.3 is 6.09 Å². The number of carbonyl (C=O) groups is 1. The zero-order valence-electron chi connectivity index (χ0n) is 8.82. The summed E-state index contributed by atoms with van der Waals surface area (Å²) in [5, 5.41) is 2.61. The van der Waals surface area contributed by atoms with Crippen LogP contribution in [0.15, 0.2) is 24.3 Å². The highest BCUT2D eigenvalue weighted by molar-refractivity contribution is 5.84. The molecule has 82 valence electrons. The first-order valence-corrected chi connectivity index (χ1v) is 5.01. The lowest BCUT2D eigenvalue weighted by Gasteiger charge is -2.06. The van der Waals surface area contributed by atoms with E-state index in [1.807, 2.05) is 6.92 Å². The number of nitrogen functional groups attached to an aromatic ring is 1. The molecule has 0 aromatic heterocycles. The lowest BCUT2D eigenvalue weighted by atomic mass is 10.3. The molecule has 4 nitrogen and oxygen atoms in total. The van der Waals surface area contributed by atoms with E-state index in [0.29, 0.717) is 18.0 Å². The third-order valence-corrected chi connectivity index (χ3v) is 1.89. The summed E-state index contributed by atoms with van der Waals surface area (Å²) in [7, 11) is 0. The van der Waals surface area contributed by atoms with Crippen LogP contribution >= 0.6 is 0 Å². The summed E-state index contributed by atoms with van der Waals surface area (Å²) < 4.78 is 4.94. The highest BCUT2D eigenvalue weighted by Crippen LogP contribution is 2.10. The van der Waals surface area contributed by atoms with Crippen LogP contribution in [0.2, 0.25) is 0 Å². The van der Waals surface area contributed by atoms with Gasteiger partial charge in [0.2, 0.25) is 0 Å². The van der Waals surface area contributed by atoms with E-state index in [0.717, 1.165) is 12.8 Å². The minimum Gasteiger partial charge on any atom is -0.449 e. The predicted molar refractivity (Wildman–Crippen MR) is 60.7 cm³/mol. The average molecular weight is 208 g/mol. The van der Waals surface area contributed by atoms with E-state index in [4.69, 9.17) is 10.5 Å². The topological polar surface area (TPSA) is 64.3 Å². The van der Waals surface area contributed by atoms with Crippen LogP contribution in [0.3, 0.4) is 0 Å². The molecule has 0 atom stereocenters. The zero-order valence-corrected chi connectivity index (χ0v) is 8.82. The van der Waals surface area contributed by atoms with Gasteiger partial charge < -0.3 is 10.5 Å². The van der Waals surface area contributed by atoms with Gasteiger partial charge in [-0.1, -0.05) is 13.3 Å². The van der Waals surface area contributed by atoms with Crippen LogP contribution < -0.4 is 11.1 Å². The molecule has 0 unspecified atom stereocenters. The van der Waals surface area contributed by atoms with Crippen molar-refractivity contribution in [2.45, 2.75) is 19.8 Å². The van der Waals surface area contributed by atoms with E-state index in [2.05, 4.69) is 5.32 Å². The molecule has 4 heteroatoms. The van der Waals surface area contributed by atoms with Crippen LogP contribution in [-0.2, 0) is 4.74 Å². The lowest BCUT2D eigenvalue weighted by Crippen LogP contribution is -2.14. The summed E-state index contributed by atoms with van der Waals surface area (Å²) >= 11 is 0. The van der Waals surface area contributed by atoms with Gasteiger partial charge in [-0.05, 0) is 30.7 Å². The van der Waals surface area contributed by atoms with Gasteiger partial charge in [0, 0.05) is 11.4 Å². The molecule has 3 N–H and O–H groups in total. The SMILES string of the molecule is CCCCOC(=O)Nc1ccc(N)cc1. The maximum atomic E-state index is 11.2. The molecule has 0 radical (unpaired) electrons. The largest absolute Gasteiger partial charge is 0.449 e. The molecule has 1 amide bonds. The Morgan fingerprint density at radius 1 is 1.40 bits per heavy atom. The molecule has 0 heterocycles. The number of benzene rings is 1. The molecule has 1 aromatic rings. The summed E-state index contributed by atoms with van der Waals surface area (Å²) in [6.07, 6.45) is 1.47. The number of nitrogens with one attached hydrogen (secondary N) is 1. The van der Waals surface area contributed by atoms with Crippen LogP contribution in [0.5, 0.6) is 0 Å². The second kappa shape index (κ2) is 5.90. The fourth-order valence-corrected chi connectivity index (χ4v) is 1.03. The van der Waals surface area contributed by atoms with Gasteiger partial charge in [0.05, 0.1) is 6.61 Å². The molecule has 15 heavy (non-hydrogen) atoms. The number of hydrogen-bond acceptors (Lipinski definition) is 3. The molecule has 1 rings (SSSR count). The minimum absolute atomic E-state index is 0.423. The maximum Gasteiger partial charge on any atom is 0.411 e. The van der Waals surface area contributed by atoms with E-state index in [-0.39, 0.29) is 0 Å². The van der Waals surface area contributed by atoms with Crippen molar-refractivity contribution in [2.24, 2.45) is 0 Å². The fourth-order valence-electron chi connectivity index (χ4n) is 1.03. The monoisotopic (exact) mass is 208 g/mol. The van der Waals surface area contributed by atoms with Crippen molar-refractivity contribution < 1.29 is 9.53 Å². The van der Waals surface area contributed by atoms with Gasteiger partial charge in [-0.15, -0.1) is 0 Å². The van der Waals surface area contributed by atoms with Crippen molar-refractivity contribution >= 4 is 17.5 Å². The summed E-state index contributed by atoms with van der Waals surface area (Å²) in [5.74, 6) is 0. The molecule has 0 aliphatic carbocycles. The summed E-state index contributed by atoms with van der Waals surface area (Å²) in [5.41, 5.74) is 6.86. The van der Waals surface area contributed by atoms with E-state index >= 15 is 0 Å². The highest BCUT2D eigenvalue weighted by atomic mass is 16.5. The van der Waals surface area contributed by atoms with E-state index < -0.39 is 6.09 Å². The lowest BCUT2D eigenvalue weighted by molar-refractivity contribution is 0.160. The van der Waals surface area contributed by atoms with Crippen LogP contribution in [0, 0.1) is 0 Å². The van der Waals surface area contributed by atoms with Crippen LogP contribution in [0.4, 0.5) is 16.2 Å².